The standard InChI is InChI=1S/C12H15N5O4S.ClH/c13-9(6-1-2-6)5-15-22(20,21)7-3-8-10(14-4-7)16-12(19)17-11(8)18;/h3-4,6,9,15H,1-2,5,13H2,(H2,14,16,17,18,19);1H. The summed E-state index contributed by atoms with van der Waals surface area (Å²) >= 11 is 0. The van der Waals surface area contributed by atoms with Crippen molar-refractivity contribution in [2.45, 2.75) is 23.8 Å². The predicted molar refractivity (Wildman–Crippen MR) is 86.1 cm³/mol. The molecule has 1 fully saturated rings. The SMILES string of the molecule is Cl.NC(CNS(=O)(=O)c1cnc2[nH]c(=O)[nH]c(=O)c2c1)C1CC1. The number of hydrogen-bond acceptors (Lipinski definition) is 6. The van der Waals surface area contributed by atoms with Crippen LogP contribution < -0.4 is 21.7 Å². The topological polar surface area (TPSA) is 151 Å². The lowest BCUT2D eigenvalue weighted by Crippen LogP contribution is -2.38. The van der Waals surface area contributed by atoms with Crippen molar-refractivity contribution in [2.75, 3.05) is 6.54 Å². The molecule has 9 nitrogen and oxygen atoms in total. The molecule has 1 aliphatic carbocycles. The van der Waals surface area contributed by atoms with Crippen LogP contribution in [0.1, 0.15) is 12.8 Å². The summed E-state index contributed by atoms with van der Waals surface area (Å²) in [6, 6.07) is 0.949. The Morgan fingerprint density at radius 3 is 2.70 bits per heavy atom. The van der Waals surface area contributed by atoms with E-state index in [1.807, 2.05) is 4.98 Å². The van der Waals surface area contributed by atoms with Crippen molar-refractivity contribution in [1.82, 2.24) is 19.7 Å². The minimum Gasteiger partial charge on any atom is -0.326 e. The molecule has 2 heterocycles. The quantitative estimate of drug-likeness (QED) is 0.539. The molecule has 5 N–H and O–H groups in total. The molecule has 3 rings (SSSR count). The first kappa shape index (κ1) is 17.6. The van der Waals surface area contributed by atoms with Crippen LogP contribution in [0.15, 0.2) is 26.7 Å². The zero-order valence-corrected chi connectivity index (χ0v) is 13.5. The van der Waals surface area contributed by atoms with Gasteiger partial charge in [-0.1, -0.05) is 0 Å². The molecule has 0 aliphatic heterocycles. The van der Waals surface area contributed by atoms with Crippen molar-refractivity contribution in [2.24, 2.45) is 11.7 Å². The highest BCUT2D eigenvalue weighted by Crippen LogP contribution is 2.31. The van der Waals surface area contributed by atoms with Crippen LogP contribution in [0.4, 0.5) is 0 Å². The van der Waals surface area contributed by atoms with Crippen molar-refractivity contribution in [3.8, 4) is 0 Å². The van der Waals surface area contributed by atoms with Gasteiger partial charge in [0.05, 0.1) is 5.39 Å². The summed E-state index contributed by atoms with van der Waals surface area (Å²) in [5, 5.41) is -0.00559. The van der Waals surface area contributed by atoms with E-state index in [1.165, 1.54) is 6.07 Å². The average molecular weight is 362 g/mol. The molecular weight excluding hydrogens is 346 g/mol. The summed E-state index contributed by atoms with van der Waals surface area (Å²) in [4.78, 5) is 30.8. The van der Waals surface area contributed by atoms with Crippen LogP contribution in [-0.2, 0) is 10.0 Å². The summed E-state index contributed by atoms with van der Waals surface area (Å²) in [6.07, 6.45) is 3.12. The molecule has 2 aromatic heterocycles. The lowest BCUT2D eigenvalue weighted by atomic mass is 10.2. The summed E-state index contributed by atoms with van der Waals surface area (Å²) in [5.41, 5.74) is 4.49. The molecule has 0 amide bonds. The number of pyridine rings is 1. The van der Waals surface area contributed by atoms with Gasteiger partial charge in [0.15, 0.2) is 0 Å². The molecule has 0 radical (unpaired) electrons. The third-order valence-electron chi connectivity index (χ3n) is 3.61. The summed E-state index contributed by atoms with van der Waals surface area (Å²) < 4.78 is 26.8. The summed E-state index contributed by atoms with van der Waals surface area (Å²) in [7, 11) is -3.82. The molecule has 0 bridgehead atoms. The van der Waals surface area contributed by atoms with Crippen molar-refractivity contribution < 1.29 is 8.42 Å². The molecule has 11 heteroatoms. The van der Waals surface area contributed by atoms with E-state index < -0.39 is 21.3 Å². The van der Waals surface area contributed by atoms with E-state index >= 15 is 0 Å². The maximum atomic E-state index is 12.2. The third-order valence-corrected chi connectivity index (χ3v) is 5.00. The number of rotatable bonds is 5. The van der Waals surface area contributed by atoms with Gasteiger partial charge in [-0.2, -0.15) is 0 Å². The van der Waals surface area contributed by atoms with Gasteiger partial charge in [-0.15, -0.1) is 12.4 Å². The largest absolute Gasteiger partial charge is 0.327 e. The highest BCUT2D eigenvalue weighted by atomic mass is 35.5. The van der Waals surface area contributed by atoms with Crippen LogP contribution >= 0.6 is 12.4 Å². The maximum Gasteiger partial charge on any atom is 0.327 e. The minimum atomic E-state index is -3.82. The third kappa shape index (κ3) is 3.78. The smallest absolute Gasteiger partial charge is 0.326 e. The average Bonchev–Trinajstić information content (AvgIpc) is 3.29. The fraction of sp³-hybridized carbons (Fsp3) is 0.417. The van der Waals surface area contributed by atoms with E-state index in [4.69, 9.17) is 5.73 Å². The molecule has 1 unspecified atom stereocenters. The molecule has 1 saturated carbocycles. The second-order valence-electron chi connectivity index (χ2n) is 5.33. The van der Waals surface area contributed by atoms with Gasteiger partial charge < -0.3 is 5.73 Å². The Labute approximate surface area is 137 Å². The van der Waals surface area contributed by atoms with Crippen molar-refractivity contribution >= 4 is 33.5 Å². The van der Waals surface area contributed by atoms with Crippen molar-refractivity contribution in [3.05, 3.63) is 33.1 Å². The van der Waals surface area contributed by atoms with E-state index in [1.54, 1.807) is 0 Å². The molecule has 126 valence electrons. The van der Waals surface area contributed by atoms with E-state index in [0.29, 0.717) is 5.92 Å². The fourth-order valence-electron chi connectivity index (χ4n) is 2.15. The molecular formula is C12H16ClN5O4S. The highest BCUT2D eigenvalue weighted by Gasteiger charge is 2.29. The number of sulfonamides is 1. The van der Waals surface area contributed by atoms with Crippen LogP contribution in [0.25, 0.3) is 11.0 Å². The first-order chi connectivity index (χ1) is 10.4. The normalized spacial score (nSPS) is 16.0. The van der Waals surface area contributed by atoms with Gasteiger partial charge >= 0.3 is 5.69 Å². The zero-order valence-electron chi connectivity index (χ0n) is 11.9. The van der Waals surface area contributed by atoms with E-state index in [9.17, 15) is 18.0 Å². The lowest BCUT2D eigenvalue weighted by molar-refractivity contribution is 0.547. The summed E-state index contributed by atoms with van der Waals surface area (Å²) in [5.74, 6) is 0.366. The number of halogens is 1. The number of aromatic nitrogens is 3. The van der Waals surface area contributed by atoms with Crippen LogP contribution in [0, 0.1) is 5.92 Å². The molecule has 0 spiro atoms. The molecule has 0 aromatic carbocycles. The van der Waals surface area contributed by atoms with E-state index in [-0.39, 0.29) is 40.9 Å². The predicted octanol–water partition coefficient (Wildman–Crippen LogP) is -0.951. The summed E-state index contributed by atoms with van der Waals surface area (Å²) in [6.45, 7) is 0.132. The first-order valence-corrected chi connectivity index (χ1v) is 8.23. The highest BCUT2D eigenvalue weighted by molar-refractivity contribution is 7.89. The van der Waals surface area contributed by atoms with E-state index in [0.717, 1.165) is 19.0 Å². The Morgan fingerprint density at radius 2 is 2.04 bits per heavy atom. The van der Waals surface area contributed by atoms with Gasteiger partial charge in [-0.05, 0) is 24.8 Å². The Kier molecular flexibility index (Phi) is 4.90. The number of nitrogens with zero attached hydrogens (tertiary/aromatic N) is 1. The fourth-order valence-corrected chi connectivity index (χ4v) is 3.20. The van der Waals surface area contributed by atoms with Crippen LogP contribution in [0.5, 0.6) is 0 Å². The lowest BCUT2D eigenvalue weighted by Gasteiger charge is -2.12. The van der Waals surface area contributed by atoms with Crippen molar-refractivity contribution in [3.63, 3.8) is 0 Å². The number of aromatic amines is 2. The number of hydrogen-bond donors (Lipinski definition) is 4. The Hall–Kier alpha value is -1.75. The van der Waals surface area contributed by atoms with Gasteiger partial charge in [0.25, 0.3) is 5.56 Å². The van der Waals surface area contributed by atoms with Crippen molar-refractivity contribution in [1.29, 1.82) is 0 Å². The zero-order chi connectivity index (χ0) is 15.9. The Balaban J connectivity index is 0.00000192. The molecule has 1 atom stereocenters. The minimum absolute atomic E-state index is 0. The van der Waals surface area contributed by atoms with Crippen LogP contribution in [0.2, 0.25) is 0 Å². The van der Waals surface area contributed by atoms with Gasteiger partial charge in [0.1, 0.15) is 10.5 Å². The number of H-pyrrole nitrogens is 2. The molecule has 1 aliphatic rings. The van der Waals surface area contributed by atoms with Gasteiger partial charge in [0, 0.05) is 18.8 Å². The second kappa shape index (κ2) is 6.40. The molecule has 0 saturated heterocycles. The van der Waals surface area contributed by atoms with E-state index in [2.05, 4.69) is 14.7 Å². The number of fused-ring (bicyclic) bond motifs is 1. The van der Waals surface area contributed by atoms with Crippen LogP contribution in [-0.4, -0.2) is 36.0 Å². The van der Waals surface area contributed by atoms with Gasteiger partial charge in [0.2, 0.25) is 10.0 Å². The molecule has 23 heavy (non-hydrogen) atoms. The monoisotopic (exact) mass is 361 g/mol. The Morgan fingerprint density at radius 1 is 1.35 bits per heavy atom. The second-order valence-corrected chi connectivity index (χ2v) is 7.10. The van der Waals surface area contributed by atoms with Crippen LogP contribution in [0.3, 0.4) is 0 Å². The number of nitrogens with two attached hydrogens (primary N) is 1. The van der Waals surface area contributed by atoms with Gasteiger partial charge in [-0.25, -0.2) is 22.9 Å². The Bertz CT molecular complexity index is 934. The van der Waals surface area contributed by atoms with Gasteiger partial charge in [-0.3, -0.25) is 14.8 Å². The maximum absolute atomic E-state index is 12.2. The first-order valence-electron chi connectivity index (χ1n) is 6.74. The number of nitrogens with one attached hydrogen (secondary N) is 3. The molecule has 2 aromatic rings.